The van der Waals surface area contributed by atoms with E-state index >= 15 is 0 Å². The summed E-state index contributed by atoms with van der Waals surface area (Å²) >= 11 is 0. The number of hydrogen-bond donors (Lipinski definition) is 1. The van der Waals surface area contributed by atoms with E-state index in [2.05, 4.69) is 19.2 Å². The first-order valence-electron chi connectivity index (χ1n) is 5.61. The molecular weight excluding hydrogens is 222 g/mol. The predicted octanol–water partition coefficient (Wildman–Crippen LogP) is 2.40. The monoisotopic (exact) mass is 243 g/mol. The van der Waals surface area contributed by atoms with Crippen LogP contribution < -0.4 is 5.32 Å². The van der Waals surface area contributed by atoms with Gasteiger partial charge in [0.25, 0.3) is 0 Å². The van der Waals surface area contributed by atoms with Crippen LogP contribution >= 0.6 is 0 Å². The second-order valence-corrected chi connectivity index (χ2v) is 5.86. The Balaban J connectivity index is 2.39. The molecule has 3 unspecified atom stereocenters. The Morgan fingerprint density at radius 3 is 2.62 bits per heavy atom. The number of furan rings is 1. The van der Waals surface area contributed by atoms with Crippen molar-refractivity contribution in [2.75, 3.05) is 12.0 Å². The van der Waals surface area contributed by atoms with Crippen LogP contribution in [0.1, 0.15) is 37.8 Å². The van der Waals surface area contributed by atoms with Crippen molar-refractivity contribution in [1.29, 1.82) is 0 Å². The molecule has 16 heavy (non-hydrogen) atoms. The van der Waals surface area contributed by atoms with Gasteiger partial charge < -0.3 is 9.73 Å². The maximum Gasteiger partial charge on any atom is 0.120 e. The van der Waals surface area contributed by atoms with Crippen molar-refractivity contribution < 1.29 is 8.63 Å². The molecule has 0 fully saturated rings. The average Bonchev–Trinajstić information content (AvgIpc) is 2.62. The minimum Gasteiger partial charge on any atom is -0.465 e. The molecule has 1 aromatic rings. The van der Waals surface area contributed by atoms with E-state index in [0.29, 0.717) is 6.04 Å². The molecule has 0 saturated heterocycles. The highest BCUT2D eigenvalue weighted by Gasteiger charge is 2.12. The number of hydrogen-bond acceptors (Lipinski definition) is 3. The van der Waals surface area contributed by atoms with Crippen molar-refractivity contribution in [3.05, 3.63) is 23.7 Å². The van der Waals surface area contributed by atoms with Gasteiger partial charge in [-0.15, -0.1) is 0 Å². The van der Waals surface area contributed by atoms with Crippen LogP contribution in [0.15, 0.2) is 16.5 Å². The van der Waals surface area contributed by atoms with Crippen LogP contribution in [-0.4, -0.2) is 22.3 Å². The molecule has 1 heterocycles. The van der Waals surface area contributed by atoms with E-state index in [0.717, 1.165) is 23.7 Å². The van der Waals surface area contributed by atoms with Crippen molar-refractivity contribution in [3.8, 4) is 0 Å². The minimum atomic E-state index is -0.705. The summed E-state index contributed by atoms with van der Waals surface area (Å²) in [6, 6.07) is 4.52. The van der Waals surface area contributed by atoms with Crippen LogP contribution in [0, 0.1) is 6.92 Å². The fourth-order valence-electron chi connectivity index (χ4n) is 1.62. The van der Waals surface area contributed by atoms with E-state index in [4.69, 9.17) is 4.42 Å². The second-order valence-electron chi connectivity index (χ2n) is 4.30. The van der Waals surface area contributed by atoms with Crippen molar-refractivity contribution in [2.24, 2.45) is 0 Å². The molecule has 0 aliphatic heterocycles. The van der Waals surface area contributed by atoms with E-state index in [-0.39, 0.29) is 6.04 Å². The summed E-state index contributed by atoms with van der Waals surface area (Å²) in [6.45, 7) is 6.14. The van der Waals surface area contributed by atoms with Gasteiger partial charge in [-0.25, -0.2) is 0 Å². The van der Waals surface area contributed by atoms with E-state index in [1.165, 1.54) is 0 Å². The zero-order valence-electron chi connectivity index (χ0n) is 10.4. The fourth-order valence-corrected chi connectivity index (χ4v) is 2.31. The zero-order chi connectivity index (χ0) is 12.1. The Hall–Kier alpha value is -0.610. The molecule has 0 aliphatic rings. The highest BCUT2D eigenvalue weighted by atomic mass is 32.2. The van der Waals surface area contributed by atoms with Gasteiger partial charge in [0.15, 0.2) is 0 Å². The van der Waals surface area contributed by atoms with Gasteiger partial charge in [-0.2, -0.15) is 0 Å². The Morgan fingerprint density at radius 2 is 2.12 bits per heavy atom. The van der Waals surface area contributed by atoms with Gasteiger partial charge in [-0.05, 0) is 39.3 Å². The molecular formula is C12H21NO2S. The van der Waals surface area contributed by atoms with E-state index < -0.39 is 10.8 Å². The van der Waals surface area contributed by atoms with Crippen molar-refractivity contribution in [3.63, 3.8) is 0 Å². The lowest BCUT2D eigenvalue weighted by Crippen LogP contribution is -2.29. The third-order valence-corrected chi connectivity index (χ3v) is 3.37. The van der Waals surface area contributed by atoms with Crippen LogP contribution in [0.25, 0.3) is 0 Å². The van der Waals surface area contributed by atoms with Gasteiger partial charge in [0.05, 0.1) is 6.04 Å². The first-order chi connectivity index (χ1) is 7.49. The third kappa shape index (κ3) is 4.49. The van der Waals surface area contributed by atoms with Gasteiger partial charge in [0.1, 0.15) is 11.5 Å². The molecule has 1 N–H and O–H groups in total. The zero-order valence-corrected chi connectivity index (χ0v) is 11.3. The summed E-state index contributed by atoms with van der Waals surface area (Å²) in [4.78, 5) is 0. The van der Waals surface area contributed by atoms with Crippen molar-refractivity contribution in [1.82, 2.24) is 5.32 Å². The normalized spacial score (nSPS) is 17.0. The molecule has 0 saturated carbocycles. The van der Waals surface area contributed by atoms with Crippen LogP contribution in [0.2, 0.25) is 0 Å². The maximum atomic E-state index is 11.0. The Labute approximate surface area is 100 Å². The molecule has 92 valence electrons. The second kappa shape index (κ2) is 6.21. The van der Waals surface area contributed by atoms with Crippen molar-refractivity contribution in [2.45, 2.75) is 39.3 Å². The van der Waals surface area contributed by atoms with Crippen LogP contribution in [-0.2, 0) is 10.8 Å². The van der Waals surface area contributed by atoms with E-state index in [1.54, 1.807) is 6.26 Å². The van der Waals surface area contributed by atoms with Crippen molar-refractivity contribution >= 4 is 10.8 Å². The molecule has 0 aliphatic carbocycles. The third-order valence-electron chi connectivity index (χ3n) is 2.56. The van der Waals surface area contributed by atoms with Gasteiger partial charge >= 0.3 is 0 Å². The largest absolute Gasteiger partial charge is 0.465 e. The molecule has 3 atom stereocenters. The first-order valence-corrected chi connectivity index (χ1v) is 7.34. The molecule has 0 amide bonds. The summed E-state index contributed by atoms with van der Waals surface area (Å²) in [7, 11) is -0.705. The lowest BCUT2D eigenvalue weighted by molar-refractivity contribution is 0.385. The number of rotatable bonds is 6. The average molecular weight is 243 g/mol. The topological polar surface area (TPSA) is 42.2 Å². The first kappa shape index (κ1) is 13.5. The van der Waals surface area contributed by atoms with Crippen LogP contribution in [0.5, 0.6) is 0 Å². The molecule has 0 bridgehead atoms. The minimum absolute atomic E-state index is 0.203. The SMILES string of the molecule is Cc1ccc(C(C)NC(C)CCS(C)=O)o1. The quantitative estimate of drug-likeness (QED) is 0.834. The van der Waals surface area contributed by atoms with Gasteiger partial charge in [0, 0.05) is 28.9 Å². The highest BCUT2D eigenvalue weighted by molar-refractivity contribution is 7.84. The maximum absolute atomic E-state index is 11.0. The summed E-state index contributed by atoms with van der Waals surface area (Å²) in [5.74, 6) is 2.64. The molecule has 1 rings (SSSR count). The van der Waals surface area contributed by atoms with Crippen LogP contribution in [0.3, 0.4) is 0 Å². The smallest absolute Gasteiger partial charge is 0.120 e. The lowest BCUT2D eigenvalue weighted by Gasteiger charge is -2.17. The molecule has 3 nitrogen and oxygen atoms in total. The summed E-state index contributed by atoms with van der Waals surface area (Å²) < 4.78 is 16.5. The molecule has 4 heteroatoms. The van der Waals surface area contributed by atoms with Gasteiger partial charge in [-0.3, -0.25) is 4.21 Å². The van der Waals surface area contributed by atoms with E-state index in [9.17, 15) is 4.21 Å². The van der Waals surface area contributed by atoms with Gasteiger partial charge in [0.2, 0.25) is 0 Å². The molecule has 0 aromatic carbocycles. The van der Waals surface area contributed by atoms with Crippen LogP contribution in [0.4, 0.5) is 0 Å². The molecule has 0 spiro atoms. The Morgan fingerprint density at radius 1 is 1.44 bits per heavy atom. The number of nitrogens with one attached hydrogen (secondary N) is 1. The predicted molar refractivity (Wildman–Crippen MR) is 68.0 cm³/mol. The van der Waals surface area contributed by atoms with Gasteiger partial charge in [-0.1, -0.05) is 0 Å². The Kier molecular flexibility index (Phi) is 5.22. The number of aryl methyl sites for hydroxylation is 1. The lowest BCUT2D eigenvalue weighted by atomic mass is 10.2. The standard InChI is InChI=1S/C12H21NO2S/c1-9(7-8-16(4)14)13-11(3)12-6-5-10(2)15-12/h5-6,9,11,13H,7-8H2,1-4H3. The summed E-state index contributed by atoms with van der Waals surface area (Å²) in [5, 5.41) is 3.44. The fraction of sp³-hybridized carbons (Fsp3) is 0.667. The Bertz CT molecular complexity index is 349. The summed E-state index contributed by atoms with van der Waals surface area (Å²) in [6.07, 6.45) is 2.67. The molecule has 0 radical (unpaired) electrons. The summed E-state index contributed by atoms with van der Waals surface area (Å²) in [5.41, 5.74) is 0. The molecule has 1 aromatic heterocycles. The highest BCUT2D eigenvalue weighted by Crippen LogP contribution is 2.16. The van der Waals surface area contributed by atoms with E-state index in [1.807, 2.05) is 19.1 Å².